The van der Waals surface area contributed by atoms with E-state index < -0.39 is 21.0 Å². The van der Waals surface area contributed by atoms with Crippen molar-refractivity contribution in [1.29, 1.82) is 0 Å². The molecule has 1 fully saturated rings. The zero-order valence-corrected chi connectivity index (χ0v) is 20.1. The van der Waals surface area contributed by atoms with Gasteiger partial charge in [-0.05, 0) is 75.8 Å². The highest BCUT2D eigenvalue weighted by Crippen LogP contribution is 2.44. The maximum atomic E-state index is 10.6. The second-order valence-corrected chi connectivity index (χ2v) is 14.8. The van der Waals surface area contributed by atoms with Crippen molar-refractivity contribution in [3.63, 3.8) is 0 Å². The average Bonchev–Trinajstić information content (AvgIpc) is 2.79. The van der Waals surface area contributed by atoms with Crippen molar-refractivity contribution in [3.8, 4) is 5.75 Å². The van der Waals surface area contributed by atoms with E-state index in [0.717, 1.165) is 17.6 Å². The normalized spacial score (nSPS) is 18.8. The van der Waals surface area contributed by atoms with Crippen LogP contribution in [0, 0.1) is 5.92 Å². The number of benzene rings is 1. The molecular weight excluding hydrogens is 367 g/mol. The van der Waals surface area contributed by atoms with Gasteiger partial charge in [-0.3, -0.25) is 0 Å². The van der Waals surface area contributed by atoms with Crippen LogP contribution in [0.25, 0.3) is 0 Å². The van der Waals surface area contributed by atoms with Crippen LogP contribution in [0.15, 0.2) is 36.6 Å². The van der Waals surface area contributed by atoms with E-state index in [1.165, 1.54) is 0 Å². The van der Waals surface area contributed by atoms with Crippen molar-refractivity contribution in [2.75, 3.05) is 0 Å². The smallest absolute Gasteiger partial charge is 0.534 e. The Morgan fingerprint density at radius 2 is 1.71 bits per heavy atom. The molecule has 1 aliphatic rings. The first-order chi connectivity index (χ1) is 12.6. The van der Waals surface area contributed by atoms with E-state index in [2.05, 4.69) is 41.2 Å². The summed E-state index contributed by atoms with van der Waals surface area (Å²) < 4.78 is 18.0. The molecule has 1 heterocycles. The third kappa shape index (κ3) is 5.02. The van der Waals surface area contributed by atoms with E-state index in [0.29, 0.717) is 5.76 Å². The molecule has 6 heteroatoms. The molecule has 0 bridgehead atoms. The van der Waals surface area contributed by atoms with Crippen LogP contribution >= 0.6 is 0 Å². The number of hydrogen-bond acceptors (Lipinski definition) is 4. The van der Waals surface area contributed by atoms with Crippen LogP contribution in [0.4, 0.5) is 0 Å². The Balaban J connectivity index is 2.05. The molecule has 1 aromatic rings. The molecule has 1 atom stereocenters. The van der Waals surface area contributed by atoms with Crippen LogP contribution in [-0.4, -0.2) is 31.4 Å². The highest BCUT2D eigenvalue weighted by molar-refractivity contribution is 6.72. The standard InChI is InChI=1S/C22H37BO4Si/c1-16(15-20(3,4)28(9,10)24)21(5,6)25-19-13-11-18(12-14-19)23-26-17(2)22(7,8)27-23/h11-14,16,24H,2,15H2,1,3-10H3. The number of rotatable bonds is 7. The Bertz CT molecular complexity index is 704. The van der Waals surface area contributed by atoms with Gasteiger partial charge in [0.2, 0.25) is 0 Å². The molecule has 1 unspecified atom stereocenters. The van der Waals surface area contributed by atoms with Gasteiger partial charge in [0.1, 0.15) is 17.0 Å². The predicted octanol–water partition coefficient (Wildman–Crippen LogP) is 4.88. The van der Waals surface area contributed by atoms with Crippen molar-refractivity contribution in [2.24, 2.45) is 5.92 Å². The second-order valence-electron chi connectivity index (χ2n) is 10.3. The fraction of sp³-hybridized carbons (Fsp3) is 0.636. The third-order valence-corrected chi connectivity index (χ3v) is 10.0. The van der Waals surface area contributed by atoms with Gasteiger partial charge < -0.3 is 18.8 Å². The van der Waals surface area contributed by atoms with Crippen LogP contribution < -0.4 is 10.2 Å². The lowest BCUT2D eigenvalue weighted by atomic mass is 9.79. The first-order valence-electron chi connectivity index (χ1n) is 10.1. The minimum Gasteiger partial charge on any atom is -0.534 e. The minimum absolute atomic E-state index is 0.0801. The summed E-state index contributed by atoms with van der Waals surface area (Å²) in [5, 5.41) is -0.0801. The molecule has 2 rings (SSSR count). The van der Waals surface area contributed by atoms with Crippen molar-refractivity contribution in [1.82, 2.24) is 0 Å². The quantitative estimate of drug-likeness (QED) is 0.658. The van der Waals surface area contributed by atoms with Crippen LogP contribution in [0.3, 0.4) is 0 Å². The van der Waals surface area contributed by atoms with E-state index >= 15 is 0 Å². The zero-order chi connectivity index (χ0) is 21.5. The fourth-order valence-corrected chi connectivity index (χ4v) is 3.93. The van der Waals surface area contributed by atoms with Gasteiger partial charge in [-0.15, -0.1) is 0 Å². The van der Waals surface area contributed by atoms with Gasteiger partial charge in [-0.25, -0.2) is 0 Å². The Labute approximate surface area is 172 Å². The van der Waals surface area contributed by atoms with Crippen molar-refractivity contribution < 1.29 is 18.8 Å². The molecule has 0 amide bonds. The van der Waals surface area contributed by atoms with Crippen molar-refractivity contribution >= 4 is 20.9 Å². The largest absolute Gasteiger partial charge is 0.563 e. The summed E-state index contributed by atoms with van der Waals surface area (Å²) >= 11 is 0. The van der Waals surface area contributed by atoms with Crippen LogP contribution in [0.5, 0.6) is 5.75 Å². The second kappa shape index (κ2) is 7.54. The molecule has 0 aromatic heterocycles. The van der Waals surface area contributed by atoms with E-state index in [4.69, 9.17) is 14.0 Å². The molecule has 0 spiro atoms. The molecule has 1 N–H and O–H groups in total. The van der Waals surface area contributed by atoms with E-state index in [1.807, 2.05) is 51.2 Å². The zero-order valence-electron chi connectivity index (χ0n) is 19.1. The van der Waals surface area contributed by atoms with Gasteiger partial charge in [-0.1, -0.05) is 39.5 Å². The first-order valence-corrected chi connectivity index (χ1v) is 13.1. The molecule has 28 heavy (non-hydrogen) atoms. The number of ether oxygens (including phenoxy) is 1. The van der Waals surface area contributed by atoms with Crippen molar-refractivity contribution in [2.45, 2.75) is 84.2 Å². The molecule has 4 nitrogen and oxygen atoms in total. The minimum atomic E-state index is -2.25. The van der Waals surface area contributed by atoms with Gasteiger partial charge >= 0.3 is 7.12 Å². The van der Waals surface area contributed by atoms with E-state index in [-0.39, 0.29) is 16.6 Å². The molecule has 0 saturated carbocycles. The Hall–Kier alpha value is -1.24. The molecule has 1 aromatic carbocycles. The summed E-state index contributed by atoms with van der Waals surface area (Å²) in [5.41, 5.74) is 0.113. The Morgan fingerprint density at radius 3 is 2.14 bits per heavy atom. The van der Waals surface area contributed by atoms with Crippen molar-refractivity contribution in [3.05, 3.63) is 36.6 Å². The molecule has 156 valence electrons. The monoisotopic (exact) mass is 404 g/mol. The predicted molar refractivity (Wildman–Crippen MR) is 119 cm³/mol. The summed E-state index contributed by atoms with van der Waals surface area (Å²) in [6.45, 7) is 22.6. The highest BCUT2D eigenvalue weighted by Gasteiger charge is 2.43. The van der Waals surface area contributed by atoms with Gasteiger partial charge in [0.25, 0.3) is 0 Å². The summed E-state index contributed by atoms with van der Waals surface area (Å²) in [6.07, 6.45) is 0.911. The van der Waals surface area contributed by atoms with Crippen LogP contribution in [0.2, 0.25) is 18.1 Å². The average molecular weight is 404 g/mol. The molecule has 0 radical (unpaired) electrons. The first kappa shape index (κ1) is 23.0. The maximum Gasteiger partial charge on any atom is 0.563 e. The summed E-state index contributed by atoms with van der Waals surface area (Å²) in [7, 11) is -2.68. The van der Waals surface area contributed by atoms with E-state index in [1.54, 1.807) is 0 Å². The third-order valence-electron chi connectivity index (χ3n) is 6.52. The van der Waals surface area contributed by atoms with Crippen LogP contribution in [0.1, 0.15) is 54.9 Å². The highest BCUT2D eigenvalue weighted by atomic mass is 28.4. The molecule has 0 aliphatic carbocycles. The van der Waals surface area contributed by atoms with Gasteiger partial charge in [0, 0.05) is 0 Å². The topological polar surface area (TPSA) is 47.9 Å². The Morgan fingerprint density at radius 1 is 1.18 bits per heavy atom. The molecule has 1 aliphatic heterocycles. The lowest BCUT2D eigenvalue weighted by molar-refractivity contribution is 0.0420. The van der Waals surface area contributed by atoms with Gasteiger partial charge in [-0.2, -0.15) is 0 Å². The maximum absolute atomic E-state index is 10.6. The lowest BCUT2D eigenvalue weighted by Gasteiger charge is -2.41. The molecule has 1 saturated heterocycles. The van der Waals surface area contributed by atoms with Crippen LogP contribution in [-0.2, 0) is 9.31 Å². The summed E-state index contributed by atoms with van der Waals surface area (Å²) in [6, 6.07) is 7.87. The van der Waals surface area contributed by atoms with E-state index in [9.17, 15) is 4.80 Å². The molecular formula is C22H37BO4Si. The lowest BCUT2D eigenvalue weighted by Crippen LogP contribution is -2.44. The van der Waals surface area contributed by atoms with Gasteiger partial charge in [0.05, 0.1) is 5.76 Å². The summed E-state index contributed by atoms with van der Waals surface area (Å²) in [4.78, 5) is 10.6. The Kier molecular flexibility index (Phi) is 6.21. The van der Waals surface area contributed by atoms with Gasteiger partial charge in [0.15, 0.2) is 8.32 Å². The SMILES string of the molecule is C=C1OB(c2ccc(OC(C)(C)C(C)CC(C)(C)[Si](C)(C)O)cc2)OC1(C)C. The summed E-state index contributed by atoms with van der Waals surface area (Å²) in [5.74, 6) is 1.74. The fourth-order valence-electron chi connectivity index (χ4n) is 3.12. The number of hydrogen-bond donors (Lipinski definition) is 1.